The van der Waals surface area contributed by atoms with E-state index in [1.54, 1.807) is 6.20 Å². The van der Waals surface area contributed by atoms with E-state index in [9.17, 15) is 0 Å². The molecule has 1 atom stereocenters. The zero-order valence-corrected chi connectivity index (χ0v) is 11.6. The van der Waals surface area contributed by atoms with E-state index in [-0.39, 0.29) is 5.41 Å². The first kappa shape index (κ1) is 12.3. The van der Waals surface area contributed by atoms with E-state index >= 15 is 0 Å². The van der Waals surface area contributed by atoms with Gasteiger partial charge in [-0.25, -0.2) is 0 Å². The highest BCUT2D eigenvalue weighted by Gasteiger charge is 2.43. The molecule has 2 heterocycles. The van der Waals surface area contributed by atoms with Crippen molar-refractivity contribution in [1.29, 1.82) is 0 Å². The van der Waals surface area contributed by atoms with Crippen LogP contribution in [0.5, 0.6) is 0 Å². The van der Waals surface area contributed by atoms with Crippen molar-refractivity contribution in [3.8, 4) is 0 Å². The van der Waals surface area contributed by atoms with Crippen molar-refractivity contribution in [3.05, 3.63) is 47.5 Å². The van der Waals surface area contributed by atoms with Crippen LogP contribution in [-0.2, 0) is 11.8 Å². The zero-order chi connectivity index (χ0) is 13.3. The summed E-state index contributed by atoms with van der Waals surface area (Å²) in [6.07, 6.45) is 8.74. The molecular formula is C14H16N4S. The van der Waals surface area contributed by atoms with Gasteiger partial charge in [0.15, 0.2) is 0 Å². The Balaban J connectivity index is 2.23. The maximum Gasteiger partial charge on any atom is 0.0919 e. The van der Waals surface area contributed by atoms with E-state index in [1.807, 2.05) is 25.5 Å². The maximum atomic E-state index is 5.62. The van der Waals surface area contributed by atoms with Crippen molar-refractivity contribution in [2.75, 3.05) is 7.05 Å². The number of thiocarbonyl (C=S) groups is 1. The molecule has 0 radical (unpaired) electrons. The van der Waals surface area contributed by atoms with E-state index in [0.717, 1.165) is 35.5 Å². The van der Waals surface area contributed by atoms with E-state index in [1.165, 1.54) is 5.56 Å². The molecular weight excluding hydrogens is 256 g/mol. The summed E-state index contributed by atoms with van der Waals surface area (Å²) in [7, 11) is 1.88. The summed E-state index contributed by atoms with van der Waals surface area (Å²) in [6, 6.07) is 4.05. The number of rotatable bonds is 2. The summed E-state index contributed by atoms with van der Waals surface area (Å²) in [6.45, 7) is 0. The first-order valence-electron chi connectivity index (χ1n) is 6.44. The Kier molecular flexibility index (Phi) is 3.06. The van der Waals surface area contributed by atoms with Gasteiger partial charge in [-0.15, -0.1) is 0 Å². The summed E-state index contributed by atoms with van der Waals surface area (Å²) in [5.41, 5.74) is 3.18. The number of hydrogen-bond acceptors (Lipinski definition) is 3. The minimum atomic E-state index is -0.317. The molecule has 1 aliphatic rings. The molecule has 0 amide bonds. The SMILES string of the molecule is CNC(=S)C1(c2cccnc2)CCCc2cn[nH]c21. The van der Waals surface area contributed by atoms with Crippen LogP contribution in [-0.4, -0.2) is 27.2 Å². The average molecular weight is 272 g/mol. The Hall–Kier alpha value is -1.75. The van der Waals surface area contributed by atoms with E-state index in [2.05, 4.69) is 26.6 Å². The quantitative estimate of drug-likeness (QED) is 0.821. The zero-order valence-electron chi connectivity index (χ0n) is 10.8. The average Bonchev–Trinajstić information content (AvgIpc) is 2.96. The fourth-order valence-electron chi connectivity index (χ4n) is 3.01. The molecule has 0 aliphatic heterocycles. The Labute approximate surface area is 117 Å². The number of H-pyrrole nitrogens is 1. The molecule has 2 aromatic heterocycles. The summed E-state index contributed by atoms with van der Waals surface area (Å²) >= 11 is 5.62. The fraction of sp³-hybridized carbons (Fsp3) is 0.357. The molecule has 1 aliphatic carbocycles. The van der Waals surface area contributed by atoms with Crippen molar-refractivity contribution >= 4 is 17.2 Å². The molecule has 2 aromatic rings. The normalized spacial score (nSPS) is 21.7. The van der Waals surface area contributed by atoms with Gasteiger partial charge >= 0.3 is 0 Å². The van der Waals surface area contributed by atoms with Crippen LogP contribution in [0.3, 0.4) is 0 Å². The standard InChI is InChI=1S/C14H16N4S/c1-15-13(19)14(11-5-3-7-16-9-11)6-2-4-10-8-17-18-12(10)14/h3,5,7-9H,2,4,6H2,1H3,(H,15,19)(H,17,18). The van der Waals surface area contributed by atoms with Gasteiger partial charge in [-0.05, 0) is 36.5 Å². The first-order chi connectivity index (χ1) is 9.29. The highest BCUT2D eigenvalue weighted by atomic mass is 32.1. The van der Waals surface area contributed by atoms with Crippen LogP contribution in [0.15, 0.2) is 30.7 Å². The number of aromatic amines is 1. The summed E-state index contributed by atoms with van der Waals surface area (Å²) in [5, 5.41) is 10.5. The Morgan fingerprint density at radius 1 is 1.47 bits per heavy atom. The molecule has 1 unspecified atom stereocenters. The maximum absolute atomic E-state index is 5.62. The number of hydrogen-bond donors (Lipinski definition) is 2. The molecule has 2 N–H and O–H groups in total. The second kappa shape index (κ2) is 4.74. The highest BCUT2D eigenvalue weighted by Crippen LogP contribution is 2.42. The predicted octanol–water partition coefficient (Wildman–Crippen LogP) is 1.97. The topological polar surface area (TPSA) is 53.6 Å². The number of likely N-dealkylation sites (N-methyl/N-ethyl adjacent to an activating group) is 1. The Morgan fingerprint density at radius 2 is 2.37 bits per heavy atom. The van der Waals surface area contributed by atoms with Crippen LogP contribution in [0.1, 0.15) is 29.7 Å². The van der Waals surface area contributed by atoms with Gasteiger partial charge in [0, 0.05) is 19.4 Å². The van der Waals surface area contributed by atoms with E-state index in [4.69, 9.17) is 12.2 Å². The number of nitrogens with one attached hydrogen (secondary N) is 2. The second-order valence-corrected chi connectivity index (χ2v) is 5.26. The number of aromatic nitrogens is 3. The van der Waals surface area contributed by atoms with Gasteiger partial charge in [0.2, 0.25) is 0 Å². The third-order valence-corrected chi connectivity index (χ3v) is 4.46. The lowest BCUT2D eigenvalue weighted by Crippen LogP contribution is -2.45. The molecule has 0 aromatic carbocycles. The van der Waals surface area contributed by atoms with Gasteiger partial charge in [0.05, 0.1) is 22.3 Å². The molecule has 0 fully saturated rings. The van der Waals surface area contributed by atoms with Gasteiger partial charge in [-0.1, -0.05) is 18.3 Å². The first-order valence-corrected chi connectivity index (χ1v) is 6.85. The van der Waals surface area contributed by atoms with Crippen LogP contribution in [0, 0.1) is 0 Å². The van der Waals surface area contributed by atoms with E-state index in [0.29, 0.717) is 0 Å². The van der Waals surface area contributed by atoms with Gasteiger partial charge < -0.3 is 5.32 Å². The van der Waals surface area contributed by atoms with Crippen molar-refractivity contribution < 1.29 is 0 Å². The van der Waals surface area contributed by atoms with Crippen molar-refractivity contribution in [1.82, 2.24) is 20.5 Å². The second-order valence-electron chi connectivity index (χ2n) is 4.85. The Morgan fingerprint density at radius 3 is 3.11 bits per heavy atom. The van der Waals surface area contributed by atoms with Gasteiger partial charge in [-0.2, -0.15) is 5.10 Å². The van der Waals surface area contributed by atoms with Gasteiger partial charge in [-0.3, -0.25) is 10.1 Å². The lowest BCUT2D eigenvalue weighted by Gasteiger charge is -2.37. The van der Waals surface area contributed by atoms with Crippen LogP contribution in [0.25, 0.3) is 0 Å². The minimum Gasteiger partial charge on any atom is -0.382 e. The number of nitrogens with zero attached hydrogens (tertiary/aromatic N) is 2. The number of aryl methyl sites for hydroxylation is 1. The molecule has 0 saturated carbocycles. The van der Waals surface area contributed by atoms with Crippen molar-refractivity contribution in [2.24, 2.45) is 0 Å². The molecule has 3 rings (SSSR count). The van der Waals surface area contributed by atoms with Gasteiger partial charge in [0.1, 0.15) is 0 Å². The largest absolute Gasteiger partial charge is 0.382 e. The number of pyridine rings is 1. The van der Waals surface area contributed by atoms with Crippen LogP contribution >= 0.6 is 12.2 Å². The van der Waals surface area contributed by atoms with Crippen LogP contribution in [0.4, 0.5) is 0 Å². The Bertz CT molecular complexity index is 593. The highest BCUT2D eigenvalue weighted by molar-refractivity contribution is 7.80. The molecule has 0 spiro atoms. The van der Waals surface area contributed by atoms with Crippen molar-refractivity contribution in [2.45, 2.75) is 24.7 Å². The lowest BCUT2D eigenvalue weighted by atomic mass is 9.69. The minimum absolute atomic E-state index is 0.317. The fourth-order valence-corrected chi connectivity index (χ4v) is 3.34. The van der Waals surface area contributed by atoms with Gasteiger partial charge in [0.25, 0.3) is 0 Å². The molecule has 4 nitrogen and oxygen atoms in total. The third-order valence-electron chi connectivity index (χ3n) is 3.91. The summed E-state index contributed by atoms with van der Waals surface area (Å²) in [5.74, 6) is 0. The molecule has 0 saturated heterocycles. The van der Waals surface area contributed by atoms with E-state index < -0.39 is 0 Å². The smallest absolute Gasteiger partial charge is 0.0919 e. The monoisotopic (exact) mass is 272 g/mol. The van der Waals surface area contributed by atoms with Crippen LogP contribution in [0.2, 0.25) is 0 Å². The number of fused-ring (bicyclic) bond motifs is 1. The third kappa shape index (κ3) is 1.76. The lowest BCUT2D eigenvalue weighted by molar-refractivity contribution is 0.523. The summed E-state index contributed by atoms with van der Waals surface area (Å²) in [4.78, 5) is 5.08. The molecule has 5 heteroatoms. The summed E-state index contributed by atoms with van der Waals surface area (Å²) < 4.78 is 0. The molecule has 0 bridgehead atoms. The van der Waals surface area contributed by atoms with Crippen molar-refractivity contribution in [3.63, 3.8) is 0 Å². The predicted molar refractivity (Wildman–Crippen MR) is 78.2 cm³/mol. The molecule has 19 heavy (non-hydrogen) atoms. The van der Waals surface area contributed by atoms with Crippen LogP contribution < -0.4 is 5.32 Å². The molecule has 98 valence electrons.